The number of hydrogen-bond donors (Lipinski definition) is 2. The Bertz CT molecular complexity index is 1130. The topological polar surface area (TPSA) is 40.5 Å². The molecule has 0 saturated carbocycles. The molecular formula is C25H16Br2O2. The summed E-state index contributed by atoms with van der Waals surface area (Å²) in [4.78, 5) is 0. The number of hydrogen-bond acceptors (Lipinski definition) is 2. The first kappa shape index (κ1) is 18.5. The van der Waals surface area contributed by atoms with Gasteiger partial charge in [-0.1, -0.05) is 68.3 Å². The summed E-state index contributed by atoms with van der Waals surface area (Å²) in [5.41, 5.74) is 6.22. The second-order valence-electron chi connectivity index (χ2n) is 7.22. The lowest BCUT2D eigenvalue weighted by atomic mass is 9.68. The maximum Gasteiger partial charge on any atom is 0.115 e. The van der Waals surface area contributed by atoms with Gasteiger partial charge in [-0.15, -0.1) is 0 Å². The highest BCUT2D eigenvalue weighted by Gasteiger charge is 2.46. The molecule has 0 amide bonds. The van der Waals surface area contributed by atoms with Crippen molar-refractivity contribution in [3.8, 4) is 22.6 Å². The average Bonchev–Trinajstić information content (AvgIpc) is 2.99. The highest BCUT2D eigenvalue weighted by atomic mass is 79.9. The average molecular weight is 508 g/mol. The molecule has 0 unspecified atom stereocenters. The van der Waals surface area contributed by atoms with Crippen LogP contribution in [0.5, 0.6) is 11.5 Å². The zero-order chi connectivity index (χ0) is 20.2. The number of fused-ring (bicyclic) bond motifs is 3. The molecule has 4 aromatic rings. The largest absolute Gasteiger partial charge is 0.508 e. The van der Waals surface area contributed by atoms with E-state index in [0.29, 0.717) is 0 Å². The van der Waals surface area contributed by atoms with Crippen LogP contribution in [0.1, 0.15) is 22.3 Å². The van der Waals surface area contributed by atoms with E-state index in [2.05, 4.69) is 68.3 Å². The maximum atomic E-state index is 9.92. The second-order valence-corrected chi connectivity index (χ2v) is 9.05. The fraction of sp³-hybridized carbons (Fsp3) is 0.0400. The van der Waals surface area contributed by atoms with Crippen LogP contribution < -0.4 is 0 Å². The molecular weight excluding hydrogens is 492 g/mol. The van der Waals surface area contributed by atoms with Gasteiger partial charge in [0.25, 0.3) is 0 Å². The maximum absolute atomic E-state index is 9.92. The third-order valence-electron chi connectivity index (χ3n) is 5.66. The first-order chi connectivity index (χ1) is 14.0. The zero-order valence-corrected chi connectivity index (χ0v) is 18.4. The summed E-state index contributed by atoms with van der Waals surface area (Å²) in [6.45, 7) is 0. The monoisotopic (exact) mass is 506 g/mol. The van der Waals surface area contributed by atoms with Gasteiger partial charge in [0.15, 0.2) is 0 Å². The molecule has 142 valence electrons. The number of rotatable bonds is 2. The summed E-state index contributed by atoms with van der Waals surface area (Å²) < 4.78 is 2.01. The fourth-order valence-corrected chi connectivity index (χ4v) is 5.20. The minimum atomic E-state index is -0.570. The number of aromatic hydroxyl groups is 2. The number of phenolic OH excluding ortho intramolecular Hbond substituents is 2. The van der Waals surface area contributed by atoms with Crippen molar-refractivity contribution in [1.82, 2.24) is 0 Å². The molecule has 4 heteroatoms. The van der Waals surface area contributed by atoms with E-state index < -0.39 is 5.41 Å². The van der Waals surface area contributed by atoms with E-state index in [1.165, 1.54) is 11.1 Å². The van der Waals surface area contributed by atoms with Crippen LogP contribution in [0.15, 0.2) is 93.9 Å². The van der Waals surface area contributed by atoms with E-state index in [-0.39, 0.29) is 11.5 Å². The summed E-state index contributed by atoms with van der Waals surface area (Å²) in [7, 11) is 0. The van der Waals surface area contributed by atoms with Gasteiger partial charge in [-0.2, -0.15) is 0 Å². The van der Waals surface area contributed by atoms with Crippen molar-refractivity contribution in [3.63, 3.8) is 0 Å². The van der Waals surface area contributed by atoms with Crippen molar-refractivity contribution in [3.05, 3.63) is 116 Å². The van der Waals surface area contributed by atoms with Crippen LogP contribution in [-0.4, -0.2) is 10.2 Å². The highest BCUT2D eigenvalue weighted by Crippen LogP contribution is 2.57. The van der Waals surface area contributed by atoms with Crippen LogP contribution in [0.25, 0.3) is 11.1 Å². The van der Waals surface area contributed by atoms with E-state index in [9.17, 15) is 10.2 Å². The molecule has 0 saturated heterocycles. The normalized spacial score (nSPS) is 13.7. The van der Waals surface area contributed by atoms with Gasteiger partial charge in [-0.3, -0.25) is 0 Å². The SMILES string of the molecule is Oc1ccc(C2(c3ccc(O)cc3)c3cc(Br)ccc3-c3ccc(Br)cc32)cc1. The lowest BCUT2D eigenvalue weighted by molar-refractivity contribution is 0.475. The molecule has 0 aromatic heterocycles. The minimum absolute atomic E-state index is 0.233. The molecule has 0 atom stereocenters. The molecule has 0 bridgehead atoms. The van der Waals surface area contributed by atoms with E-state index in [1.807, 2.05) is 24.3 Å². The molecule has 0 spiro atoms. The fourth-order valence-electron chi connectivity index (χ4n) is 4.48. The number of benzene rings is 4. The molecule has 0 heterocycles. The molecule has 29 heavy (non-hydrogen) atoms. The van der Waals surface area contributed by atoms with Gasteiger partial charge in [0.05, 0.1) is 5.41 Å². The third-order valence-corrected chi connectivity index (χ3v) is 6.65. The van der Waals surface area contributed by atoms with Crippen molar-refractivity contribution in [2.75, 3.05) is 0 Å². The van der Waals surface area contributed by atoms with Gasteiger partial charge in [-0.05, 0) is 81.9 Å². The summed E-state index contributed by atoms with van der Waals surface area (Å²) in [5.74, 6) is 0.466. The lowest BCUT2D eigenvalue weighted by Gasteiger charge is -2.34. The molecule has 1 aliphatic rings. The van der Waals surface area contributed by atoms with Gasteiger partial charge in [0.2, 0.25) is 0 Å². The van der Waals surface area contributed by atoms with Crippen molar-refractivity contribution in [2.24, 2.45) is 0 Å². The van der Waals surface area contributed by atoms with Crippen LogP contribution >= 0.6 is 31.9 Å². The molecule has 4 aromatic carbocycles. The summed E-state index contributed by atoms with van der Waals surface area (Å²) in [6, 6.07) is 27.6. The standard InChI is InChI=1S/C25H16Br2O2/c26-17-5-11-21-22-12-6-18(27)14-24(22)25(23(21)13-17,15-1-7-19(28)8-2-15)16-3-9-20(29)10-4-16/h1-14,28-29H. The smallest absolute Gasteiger partial charge is 0.115 e. The van der Waals surface area contributed by atoms with Crippen molar-refractivity contribution in [1.29, 1.82) is 0 Å². The quantitative estimate of drug-likeness (QED) is 0.270. The van der Waals surface area contributed by atoms with Crippen molar-refractivity contribution >= 4 is 31.9 Å². The Hall–Kier alpha value is -2.56. The lowest BCUT2D eigenvalue weighted by Crippen LogP contribution is -2.28. The van der Waals surface area contributed by atoms with E-state index in [1.54, 1.807) is 24.3 Å². The molecule has 0 fully saturated rings. The van der Waals surface area contributed by atoms with Gasteiger partial charge in [0, 0.05) is 8.95 Å². The second kappa shape index (κ2) is 6.75. The molecule has 1 aliphatic carbocycles. The first-order valence-electron chi connectivity index (χ1n) is 9.19. The molecule has 5 rings (SSSR count). The molecule has 0 aliphatic heterocycles. The van der Waals surface area contributed by atoms with Gasteiger partial charge < -0.3 is 10.2 Å². The highest BCUT2D eigenvalue weighted by molar-refractivity contribution is 9.10. The number of phenols is 2. The van der Waals surface area contributed by atoms with Gasteiger partial charge in [-0.25, -0.2) is 0 Å². The summed E-state index contributed by atoms with van der Waals surface area (Å²) in [6.07, 6.45) is 0. The van der Waals surface area contributed by atoms with E-state index in [0.717, 1.165) is 31.2 Å². The first-order valence-corrected chi connectivity index (χ1v) is 10.8. The van der Waals surface area contributed by atoms with Gasteiger partial charge >= 0.3 is 0 Å². The predicted octanol–water partition coefficient (Wildman–Crippen LogP) is 6.99. The van der Waals surface area contributed by atoms with Crippen LogP contribution in [-0.2, 0) is 5.41 Å². The Morgan fingerprint density at radius 2 is 0.897 bits per heavy atom. The van der Waals surface area contributed by atoms with Crippen LogP contribution in [0.2, 0.25) is 0 Å². The van der Waals surface area contributed by atoms with Crippen molar-refractivity contribution < 1.29 is 10.2 Å². The number of halogens is 2. The Kier molecular flexibility index (Phi) is 4.30. The van der Waals surface area contributed by atoms with Crippen LogP contribution in [0, 0.1) is 0 Å². The summed E-state index contributed by atoms with van der Waals surface area (Å²) >= 11 is 7.31. The van der Waals surface area contributed by atoms with Crippen molar-refractivity contribution in [2.45, 2.75) is 5.41 Å². The van der Waals surface area contributed by atoms with Crippen LogP contribution in [0.4, 0.5) is 0 Å². The Morgan fingerprint density at radius 3 is 1.28 bits per heavy atom. The molecule has 0 radical (unpaired) electrons. The summed E-state index contributed by atoms with van der Waals surface area (Å²) in [5, 5.41) is 19.8. The van der Waals surface area contributed by atoms with Crippen LogP contribution in [0.3, 0.4) is 0 Å². The molecule has 2 N–H and O–H groups in total. The Morgan fingerprint density at radius 1 is 0.517 bits per heavy atom. The predicted molar refractivity (Wildman–Crippen MR) is 122 cm³/mol. The zero-order valence-electron chi connectivity index (χ0n) is 15.2. The Labute approximate surface area is 185 Å². The minimum Gasteiger partial charge on any atom is -0.508 e. The van der Waals surface area contributed by atoms with E-state index in [4.69, 9.17) is 0 Å². The van der Waals surface area contributed by atoms with Gasteiger partial charge in [0.1, 0.15) is 11.5 Å². The Balaban J connectivity index is 1.97. The molecule has 2 nitrogen and oxygen atoms in total. The van der Waals surface area contributed by atoms with E-state index >= 15 is 0 Å². The third kappa shape index (κ3) is 2.74.